The van der Waals surface area contributed by atoms with Gasteiger partial charge in [0.15, 0.2) is 0 Å². The first-order valence-corrected chi connectivity index (χ1v) is 9.02. The summed E-state index contributed by atoms with van der Waals surface area (Å²) in [5.74, 6) is 0. The maximum atomic E-state index is 12.2. The van der Waals surface area contributed by atoms with E-state index in [1.807, 2.05) is 24.3 Å². The SMILES string of the molecule is C=Cc1ccc(-n2cc(-c3ccc(S(N)(=O)=O)cc3)ccc2=O)cc1. The van der Waals surface area contributed by atoms with E-state index < -0.39 is 10.0 Å². The van der Waals surface area contributed by atoms with E-state index in [2.05, 4.69) is 6.58 Å². The van der Waals surface area contributed by atoms with Crippen molar-refractivity contribution in [1.82, 2.24) is 4.57 Å². The lowest BCUT2D eigenvalue weighted by Gasteiger charge is -2.09. The first kappa shape index (κ1) is 16.9. The maximum absolute atomic E-state index is 12.2. The molecular weight excluding hydrogens is 336 g/mol. The third-order valence-corrected chi connectivity index (χ3v) is 4.76. The van der Waals surface area contributed by atoms with Crippen molar-refractivity contribution < 1.29 is 8.42 Å². The van der Waals surface area contributed by atoms with Crippen molar-refractivity contribution in [2.45, 2.75) is 4.90 Å². The van der Waals surface area contributed by atoms with E-state index in [1.165, 1.54) is 22.8 Å². The number of nitrogens with zero attached hydrogens (tertiary/aromatic N) is 1. The molecule has 6 heteroatoms. The number of primary sulfonamides is 1. The Balaban J connectivity index is 2.04. The number of nitrogens with two attached hydrogens (primary N) is 1. The monoisotopic (exact) mass is 352 g/mol. The van der Waals surface area contributed by atoms with Crippen molar-refractivity contribution in [2.24, 2.45) is 5.14 Å². The summed E-state index contributed by atoms with van der Waals surface area (Å²) in [6.45, 7) is 3.71. The zero-order valence-electron chi connectivity index (χ0n) is 13.3. The predicted molar refractivity (Wildman–Crippen MR) is 98.9 cm³/mol. The molecule has 0 aliphatic heterocycles. The highest BCUT2D eigenvalue weighted by Gasteiger charge is 2.08. The van der Waals surface area contributed by atoms with Crippen LogP contribution in [-0.2, 0) is 10.0 Å². The zero-order chi connectivity index (χ0) is 18.0. The van der Waals surface area contributed by atoms with Crippen molar-refractivity contribution >= 4 is 16.1 Å². The van der Waals surface area contributed by atoms with Crippen LogP contribution in [0.15, 0.2) is 83.1 Å². The van der Waals surface area contributed by atoms with E-state index in [9.17, 15) is 13.2 Å². The van der Waals surface area contributed by atoms with Gasteiger partial charge in [0.05, 0.1) is 4.90 Å². The zero-order valence-corrected chi connectivity index (χ0v) is 14.1. The van der Waals surface area contributed by atoms with Gasteiger partial charge in [0.25, 0.3) is 5.56 Å². The van der Waals surface area contributed by atoms with Crippen LogP contribution in [0.4, 0.5) is 0 Å². The molecule has 0 aliphatic carbocycles. The average Bonchev–Trinajstić information content (AvgIpc) is 2.62. The molecule has 1 aromatic heterocycles. The first-order valence-electron chi connectivity index (χ1n) is 7.47. The fourth-order valence-electron chi connectivity index (χ4n) is 2.47. The van der Waals surface area contributed by atoms with Crippen LogP contribution in [0, 0.1) is 0 Å². The second-order valence-electron chi connectivity index (χ2n) is 5.49. The van der Waals surface area contributed by atoms with Gasteiger partial charge in [-0.2, -0.15) is 0 Å². The summed E-state index contributed by atoms with van der Waals surface area (Å²) in [5.41, 5.74) is 3.11. The van der Waals surface area contributed by atoms with Crippen LogP contribution < -0.4 is 10.7 Å². The molecule has 0 fully saturated rings. The van der Waals surface area contributed by atoms with E-state index >= 15 is 0 Å². The van der Waals surface area contributed by atoms with Crippen molar-refractivity contribution in [3.05, 3.63) is 89.4 Å². The highest BCUT2D eigenvalue weighted by atomic mass is 32.2. The van der Waals surface area contributed by atoms with Crippen LogP contribution in [0.5, 0.6) is 0 Å². The summed E-state index contributed by atoms with van der Waals surface area (Å²) >= 11 is 0. The van der Waals surface area contributed by atoms with Crippen LogP contribution in [0.25, 0.3) is 22.9 Å². The van der Waals surface area contributed by atoms with Gasteiger partial charge in [-0.25, -0.2) is 13.6 Å². The smallest absolute Gasteiger partial charge is 0.255 e. The van der Waals surface area contributed by atoms with Crippen LogP contribution in [0.3, 0.4) is 0 Å². The van der Waals surface area contributed by atoms with Gasteiger partial charge in [-0.1, -0.05) is 36.9 Å². The second kappa shape index (κ2) is 6.51. The standard InChI is InChI=1S/C19H16N2O3S/c1-2-14-3-8-17(9-4-14)21-13-16(7-12-19(21)22)15-5-10-18(11-6-15)25(20,23)24/h2-13H,1H2,(H2,20,23,24). The predicted octanol–water partition coefficient (Wildman–Crippen LogP) is 2.79. The molecule has 5 nitrogen and oxygen atoms in total. The molecule has 0 saturated heterocycles. The average molecular weight is 352 g/mol. The fraction of sp³-hybridized carbons (Fsp3) is 0. The Kier molecular flexibility index (Phi) is 4.39. The number of sulfonamides is 1. The number of pyridine rings is 1. The minimum atomic E-state index is -3.73. The highest BCUT2D eigenvalue weighted by Crippen LogP contribution is 2.21. The van der Waals surface area contributed by atoms with Gasteiger partial charge in [0.2, 0.25) is 10.0 Å². The van der Waals surface area contributed by atoms with Crippen LogP contribution in [0.1, 0.15) is 5.56 Å². The molecule has 0 saturated carbocycles. The Labute approximate surface area is 145 Å². The van der Waals surface area contributed by atoms with Gasteiger partial charge < -0.3 is 0 Å². The van der Waals surface area contributed by atoms with E-state index in [0.29, 0.717) is 0 Å². The minimum Gasteiger partial charge on any atom is -0.284 e. The normalized spacial score (nSPS) is 11.2. The molecule has 0 unspecified atom stereocenters. The molecular formula is C19H16N2O3S. The van der Waals surface area contributed by atoms with Gasteiger partial charge in [-0.05, 0) is 47.0 Å². The quantitative estimate of drug-likeness (QED) is 0.784. The minimum absolute atomic E-state index is 0.0459. The number of aromatic nitrogens is 1. The van der Waals surface area contributed by atoms with Crippen LogP contribution >= 0.6 is 0 Å². The lowest BCUT2D eigenvalue weighted by Crippen LogP contribution is -2.16. The van der Waals surface area contributed by atoms with E-state index in [0.717, 1.165) is 22.4 Å². The van der Waals surface area contributed by atoms with Crippen molar-refractivity contribution in [2.75, 3.05) is 0 Å². The molecule has 0 amide bonds. The van der Waals surface area contributed by atoms with E-state index in [1.54, 1.807) is 30.5 Å². The fourth-order valence-corrected chi connectivity index (χ4v) is 2.98. The molecule has 0 spiro atoms. The molecule has 3 aromatic rings. The van der Waals surface area contributed by atoms with E-state index in [4.69, 9.17) is 5.14 Å². The van der Waals surface area contributed by atoms with Crippen molar-refractivity contribution in [1.29, 1.82) is 0 Å². The summed E-state index contributed by atoms with van der Waals surface area (Å²) in [6, 6.07) is 16.8. The number of rotatable bonds is 4. The number of hydrogen-bond acceptors (Lipinski definition) is 3. The Morgan fingerprint density at radius 1 is 0.880 bits per heavy atom. The molecule has 126 valence electrons. The third-order valence-electron chi connectivity index (χ3n) is 3.83. The van der Waals surface area contributed by atoms with Crippen molar-refractivity contribution in [3.8, 4) is 16.8 Å². The Morgan fingerprint density at radius 3 is 2.04 bits per heavy atom. The Bertz CT molecular complexity index is 1080. The first-order chi connectivity index (χ1) is 11.9. The molecule has 0 radical (unpaired) electrons. The van der Waals surface area contributed by atoms with Gasteiger partial charge in [-0.3, -0.25) is 9.36 Å². The molecule has 0 bridgehead atoms. The largest absolute Gasteiger partial charge is 0.284 e. The molecule has 1 heterocycles. The van der Waals surface area contributed by atoms with Crippen LogP contribution in [-0.4, -0.2) is 13.0 Å². The molecule has 0 aliphatic rings. The van der Waals surface area contributed by atoms with Crippen LogP contribution in [0.2, 0.25) is 0 Å². The topological polar surface area (TPSA) is 82.2 Å². The Hall–Kier alpha value is -2.96. The highest BCUT2D eigenvalue weighted by molar-refractivity contribution is 7.89. The maximum Gasteiger partial charge on any atom is 0.255 e. The van der Waals surface area contributed by atoms with Gasteiger partial charge in [0, 0.05) is 18.0 Å². The summed E-state index contributed by atoms with van der Waals surface area (Å²) in [4.78, 5) is 12.2. The summed E-state index contributed by atoms with van der Waals surface area (Å²) in [5, 5.41) is 5.11. The summed E-state index contributed by atoms with van der Waals surface area (Å²) in [7, 11) is -3.73. The van der Waals surface area contributed by atoms with Crippen molar-refractivity contribution in [3.63, 3.8) is 0 Å². The molecule has 2 N–H and O–H groups in total. The lowest BCUT2D eigenvalue weighted by molar-refractivity contribution is 0.598. The van der Waals surface area contributed by atoms with Gasteiger partial charge >= 0.3 is 0 Å². The third kappa shape index (κ3) is 3.60. The number of benzene rings is 2. The molecule has 2 aromatic carbocycles. The molecule has 0 atom stereocenters. The van der Waals surface area contributed by atoms with E-state index in [-0.39, 0.29) is 10.5 Å². The molecule has 25 heavy (non-hydrogen) atoms. The van der Waals surface area contributed by atoms with Gasteiger partial charge in [0.1, 0.15) is 0 Å². The summed E-state index contributed by atoms with van der Waals surface area (Å²) in [6.07, 6.45) is 3.45. The lowest BCUT2D eigenvalue weighted by atomic mass is 10.1. The number of hydrogen-bond donors (Lipinski definition) is 1. The van der Waals surface area contributed by atoms with Gasteiger partial charge in [-0.15, -0.1) is 0 Å². The Morgan fingerprint density at radius 2 is 1.48 bits per heavy atom. The molecule has 3 rings (SSSR count). The summed E-state index contributed by atoms with van der Waals surface area (Å²) < 4.78 is 24.2. The second-order valence-corrected chi connectivity index (χ2v) is 7.05.